The number of amides is 1. The molecular formula is C7H15NOS. The molecule has 0 aliphatic rings. The molecule has 0 aliphatic carbocycles. The summed E-state index contributed by atoms with van der Waals surface area (Å²) in [5.41, 5.74) is 0. The predicted octanol–water partition coefficient (Wildman–Crippen LogP) is 1.22. The van der Waals surface area contributed by atoms with Crippen molar-refractivity contribution in [1.29, 1.82) is 0 Å². The molecule has 1 atom stereocenters. The van der Waals surface area contributed by atoms with Crippen LogP contribution >= 0.6 is 11.8 Å². The third-order valence-electron chi connectivity index (χ3n) is 1.57. The Kier molecular flexibility index (Phi) is 4.52. The summed E-state index contributed by atoms with van der Waals surface area (Å²) in [6.07, 6.45) is 2.05. The zero-order chi connectivity index (χ0) is 8.15. The van der Waals surface area contributed by atoms with Crippen LogP contribution in [-0.4, -0.2) is 35.9 Å². The Morgan fingerprint density at radius 3 is 2.50 bits per heavy atom. The van der Waals surface area contributed by atoms with Gasteiger partial charge >= 0.3 is 0 Å². The summed E-state index contributed by atoms with van der Waals surface area (Å²) in [5, 5.41) is 0. The van der Waals surface area contributed by atoms with Gasteiger partial charge < -0.3 is 4.90 Å². The van der Waals surface area contributed by atoms with Gasteiger partial charge in [0.2, 0.25) is 5.91 Å². The first-order valence-corrected chi connectivity index (χ1v) is 4.71. The highest BCUT2D eigenvalue weighted by atomic mass is 32.2. The first-order valence-electron chi connectivity index (χ1n) is 3.32. The summed E-state index contributed by atoms with van der Waals surface area (Å²) in [5.74, 6) is 1.15. The van der Waals surface area contributed by atoms with E-state index in [0.717, 1.165) is 5.75 Å². The van der Waals surface area contributed by atoms with Crippen molar-refractivity contribution < 1.29 is 4.79 Å². The molecule has 1 unspecified atom stereocenters. The van der Waals surface area contributed by atoms with Gasteiger partial charge in [-0.3, -0.25) is 4.79 Å². The normalized spacial score (nSPS) is 12.8. The number of nitrogens with zero attached hydrogens (tertiary/aromatic N) is 1. The van der Waals surface area contributed by atoms with Crippen molar-refractivity contribution in [3.63, 3.8) is 0 Å². The van der Waals surface area contributed by atoms with Gasteiger partial charge in [-0.25, -0.2) is 0 Å². The van der Waals surface area contributed by atoms with Gasteiger partial charge in [0.1, 0.15) is 0 Å². The number of thioether (sulfide) groups is 1. The van der Waals surface area contributed by atoms with E-state index in [1.807, 2.05) is 13.3 Å². The summed E-state index contributed by atoms with van der Waals surface area (Å²) in [6.45, 7) is 3.65. The molecule has 60 valence electrons. The second-order valence-electron chi connectivity index (χ2n) is 2.43. The van der Waals surface area contributed by atoms with Crippen LogP contribution in [0.5, 0.6) is 0 Å². The van der Waals surface area contributed by atoms with Gasteiger partial charge in [0.25, 0.3) is 0 Å². The lowest BCUT2D eigenvalue weighted by atomic mass is 10.3. The second-order valence-corrected chi connectivity index (χ2v) is 3.34. The smallest absolute Gasteiger partial charge is 0.219 e. The lowest BCUT2D eigenvalue weighted by molar-refractivity contribution is -0.128. The molecule has 0 saturated heterocycles. The monoisotopic (exact) mass is 161 g/mol. The molecule has 0 bridgehead atoms. The zero-order valence-corrected chi connectivity index (χ0v) is 7.86. The Hall–Kier alpha value is -0.180. The number of carbonyl (C=O) groups excluding carboxylic acids is 1. The van der Waals surface area contributed by atoms with Crippen LogP contribution in [0, 0.1) is 0 Å². The molecule has 0 aliphatic heterocycles. The van der Waals surface area contributed by atoms with E-state index in [2.05, 4.69) is 6.92 Å². The van der Waals surface area contributed by atoms with E-state index >= 15 is 0 Å². The number of carbonyl (C=O) groups is 1. The maximum absolute atomic E-state index is 10.8. The Morgan fingerprint density at radius 2 is 2.20 bits per heavy atom. The quantitative estimate of drug-likeness (QED) is 0.620. The highest BCUT2D eigenvalue weighted by Gasteiger charge is 2.09. The van der Waals surface area contributed by atoms with Gasteiger partial charge in [-0.1, -0.05) is 0 Å². The van der Waals surface area contributed by atoms with Crippen LogP contribution in [0.4, 0.5) is 0 Å². The van der Waals surface area contributed by atoms with Crippen molar-refractivity contribution >= 4 is 17.7 Å². The van der Waals surface area contributed by atoms with E-state index < -0.39 is 0 Å². The van der Waals surface area contributed by atoms with Crippen LogP contribution in [0.1, 0.15) is 13.8 Å². The van der Waals surface area contributed by atoms with Crippen molar-refractivity contribution in [3.05, 3.63) is 0 Å². The average Bonchev–Trinajstić information content (AvgIpc) is 1.87. The lowest BCUT2D eigenvalue weighted by Crippen LogP contribution is -2.34. The summed E-state index contributed by atoms with van der Waals surface area (Å²) in [6, 6.07) is 0.354. The minimum Gasteiger partial charge on any atom is -0.342 e. The van der Waals surface area contributed by atoms with Gasteiger partial charge in [-0.15, -0.1) is 0 Å². The molecule has 10 heavy (non-hydrogen) atoms. The molecule has 1 amide bonds. The fourth-order valence-corrected chi connectivity index (χ4v) is 1.37. The van der Waals surface area contributed by atoms with E-state index in [-0.39, 0.29) is 5.91 Å². The lowest BCUT2D eigenvalue weighted by Gasteiger charge is -2.22. The van der Waals surface area contributed by atoms with Gasteiger partial charge in [0.05, 0.1) is 0 Å². The van der Waals surface area contributed by atoms with E-state index in [0.29, 0.717) is 6.04 Å². The van der Waals surface area contributed by atoms with Crippen LogP contribution in [0.3, 0.4) is 0 Å². The van der Waals surface area contributed by atoms with Crippen molar-refractivity contribution in [2.45, 2.75) is 19.9 Å². The van der Waals surface area contributed by atoms with E-state index in [4.69, 9.17) is 0 Å². The Balaban J connectivity index is 3.69. The van der Waals surface area contributed by atoms with Crippen molar-refractivity contribution in [2.75, 3.05) is 19.1 Å². The molecule has 0 heterocycles. The number of rotatable bonds is 3. The second kappa shape index (κ2) is 4.61. The summed E-state index contributed by atoms with van der Waals surface area (Å²) in [4.78, 5) is 12.5. The van der Waals surface area contributed by atoms with Crippen molar-refractivity contribution in [3.8, 4) is 0 Å². The highest BCUT2D eigenvalue weighted by Crippen LogP contribution is 2.02. The van der Waals surface area contributed by atoms with E-state index in [1.54, 1.807) is 23.6 Å². The maximum Gasteiger partial charge on any atom is 0.219 e. The molecular weight excluding hydrogens is 146 g/mol. The van der Waals surface area contributed by atoms with Gasteiger partial charge in [-0.2, -0.15) is 11.8 Å². The average molecular weight is 161 g/mol. The Bertz CT molecular complexity index is 116. The summed E-state index contributed by atoms with van der Waals surface area (Å²) in [7, 11) is 1.84. The molecule has 3 heteroatoms. The molecule has 0 aromatic carbocycles. The summed E-state index contributed by atoms with van der Waals surface area (Å²) >= 11 is 1.76. The van der Waals surface area contributed by atoms with Gasteiger partial charge in [-0.05, 0) is 13.2 Å². The number of hydrogen-bond acceptors (Lipinski definition) is 2. The third-order valence-corrected chi connectivity index (χ3v) is 2.38. The first kappa shape index (κ1) is 9.82. The molecule has 0 aromatic rings. The molecule has 0 aromatic heterocycles. The minimum atomic E-state index is 0.140. The Morgan fingerprint density at radius 1 is 1.70 bits per heavy atom. The third kappa shape index (κ3) is 3.11. The van der Waals surface area contributed by atoms with Crippen LogP contribution < -0.4 is 0 Å². The van der Waals surface area contributed by atoms with Crippen LogP contribution in [0.25, 0.3) is 0 Å². The van der Waals surface area contributed by atoms with Crippen molar-refractivity contribution in [2.24, 2.45) is 0 Å². The van der Waals surface area contributed by atoms with Crippen LogP contribution in [0.2, 0.25) is 0 Å². The fourth-order valence-electron chi connectivity index (χ4n) is 0.663. The fraction of sp³-hybridized carbons (Fsp3) is 0.857. The SMILES string of the molecule is CSCC(C)N(C)C(C)=O. The van der Waals surface area contributed by atoms with Crippen LogP contribution in [-0.2, 0) is 4.79 Å². The zero-order valence-electron chi connectivity index (χ0n) is 7.05. The van der Waals surface area contributed by atoms with E-state index in [1.165, 1.54) is 0 Å². The predicted molar refractivity (Wildman–Crippen MR) is 46.3 cm³/mol. The van der Waals surface area contributed by atoms with Crippen LogP contribution in [0.15, 0.2) is 0 Å². The molecule has 0 fully saturated rings. The molecule has 0 rings (SSSR count). The highest BCUT2D eigenvalue weighted by molar-refractivity contribution is 7.98. The topological polar surface area (TPSA) is 20.3 Å². The maximum atomic E-state index is 10.8. The molecule has 0 saturated carbocycles. The standard InChI is InChI=1S/C7H15NOS/c1-6(5-10-4)8(3)7(2)9/h6H,5H2,1-4H3. The van der Waals surface area contributed by atoms with Crippen molar-refractivity contribution in [1.82, 2.24) is 4.90 Å². The largest absolute Gasteiger partial charge is 0.342 e. The van der Waals surface area contributed by atoms with Gasteiger partial charge in [0, 0.05) is 25.8 Å². The summed E-state index contributed by atoms with van der Waals surface area (Å²) < 4.78 is 0. The van der Waals surface area contributed by atoms with Gasteiger partial charge in [0.15, 0.2) is 0 Å². The molecule has 0 spiro atoms. The first-order chi connectivity index (χ1) is 4.59. The molecule has 0 radical (unpaired) electrons. The molecule has 2 nitrogen and oxygen atoms in total. The minimum absolute atomic E-state index is 0.140. The molecule has 0 N–H and O–H groups in total. The number of hydrogen-bond donors (Lipinski definition) is 0. The van der Waals surface area contributed by atoms with E-state index in [9.17, 15) is 4.79 Å². The Labute approximate surface area is 67.0 Å².